The van der Waals surface area contributed by atoms with E-state index in [-0.39, 0.29) is 17.3 Å². The van der Waals surface area contributed by atoms with Gasteiger partial charge in [-0.2, -0.15) is 0 Å². The third-order valence-electron chi connectivity index (χ3n) is 2.39. The van der Waals surface area contributed by atoms with E-state index >= 15 is 0 Å². The summed E-state index contributed by atoms with van der Waals surface area (Å²) in [5, 5.41) is 13.5. The second kappa shape index (κ2) is 7.35. The van der Waals surface area contributed by atoms with E-state index in [9.17, 15) is 14.9 Å². The highest BCUT2D eigenvalue weighted by Gasteiger charge is 2.16. The first-order valence-electron chi connectivity index (χ1n) is 6.29. The van der Waals surface area contributed by atoms with Crippen molar-refractivity contribution in [3.8, 4) is 5.75 Å². The molecule has 104 valence electrons. The first-order valence-corrected chi connectivity index (χ1v) is 6.29. The number of nitro groups is 1. The smallest absolute Gasteiger partial charge is 0.296 e. The Morgan fingerprint density at radius 1 is 1.37 bits per heavy atom. The lowest BCUT2D eigenvalue weighted by atomic mass is 10.2. The van der Waals surface area contributed by atoms with Crippen molar-refractivity contribution in [1.82, 2.24) is 0 Å². The molecular weight excluding hydrogens is 248 g/mol. The van der Waals surface area contributed by atoms with E-state index in [0.717, 1.165) is 6.42 Å². The predicted octanol–water partition coefficient (Wildman–Crippen LogP) is 3.12. The van der Waals surface area contributed by atoms with E-state index < -0.39 is 4.92 Å². The molecule has 0 fully saturated rings. The first kappa shape index (κ1) is 14.9. The Hall–Kier alpha value is -2.11. The van der Waals surface area contributed by atoms with Crippen LogP contribution in [0.4, 0.5) is 11.4 Å². The van der Waals surface area contributed by atoms with Crippen LogP contribution in [-0.4, -0.2) is 17.4 Å². The average Bonchev–Trinajstić information content (AvgIpc) is 2.37. The lowest BCUT2D eigenvalue weighted by Gasteiger charge is -2.08. The summed E-state index contributed by atoms with van der Waals surface area (Å²) < 4.78 is 5.34. The number of hydrogen-bond acceptors (Lipinski definition) is 4. The molecule has 0 saturated heterocycles. The lowest BCUT2D eigenvalue weighted by molar-refractivity contribution is -0.384. The van der Waals surface area contributed by atoms with E-state index in [2.05, 4.69) is 5.32 Å². The molecule has 0 heterocycles. The Morgan fingerprint density at radius 3 is 2.68 bits per heavy atom. The number of amides is 1. The molecule has 6 nitrogen and oxygen atoms in total. The largest absolute Gasteiger partial charge is 0.493 e. The molecule has 0 unspecified atom stereocenters. The van der Waals surface area contributed by atoms with E-state index in [4.69, 9.17) is 4.74 Å². The van der Waals surface area contributed by atoms with Gasteiger partial charge in [0.2, 0.25) is 5.91 Å². The van der Waals surface area contributed by atoms with Crippen LogP contribution in [0.5, 0.6) is 5.75 Å². The zero-order valence-electron chi connectivity index (χ0n) is 11.1. The summed E-state index contributed by atoms with van der Waals surface area (Å²) in [6, 6.07) is 4.44. The molecule has 1 aromatic rings. The van der Waals surface area contributed by atoms with Gasteiger partial charge in [-0.25, -0.2) is 0 Å². The Morgan fingerprint density at radius 2 is 2.11 bits per heavy atom. The second-order valence-corrected chi connectivity index (χ2v) is 4.08. The third kappa shape index (κ3) is 4.57. The molecule has 0 bridgehead atoms. The van der Waals surface area contributed by atoms with Crippen molar-refractivity contribution in [1.29, 1.82) is 0 Å². The highest BCUT2D eigenvalue weighted by atomic mass is 16.6. The summed E-state index contributed by atoms with van der Waals surface area (Å²) in [6.07, 6.45) is 1.85. The van der Waals surface area contributed by atoms with Crippen LogP contribution >= 0.6 is 0 Å². The van der Waals surface area contributed by atoms with E-state index in [1.807, 2.05) is 13.8 Å². The Labute approximate surface area is 111 Å². The van der Waals surface area contributed by atoms with Crippen LogP contribution in [-0.2, 0) is 4.79 Å². The molecule has 1 amide bonds. The van der Waals surface area contributed by atoms with Gasteiger partial charge in [-0.3, -0.25) is 14.9 Å². The van der Waals surface area contributed by atoms with E-state index in [0.29, 0.717) is 25.2 Å². The number of nitrogens with one attached hydrogen (secondary N) is 1. The quantitative estimate of drug-likeness (QED) is 0.607. The van der Waals surface area contributed by atoms with Crippen LogP contribution < -0.4 is 10.1 Å². The summed E-state index contributed by atoms with van der Waals surface area (Å²) in [4.78, 5) is 21.9. The number of nitrogens with zero attached hydrogens (tertiary/aromatic N) is 1. The van der Waals surface area contributed by atoms with Gasteiger partial charge in [0.15, 0.2) is 0 Å². The van der Waals surface area contributed by atoms with Gasteiger partial charge in [-0.1, -0.05) is 13.8 Å². The minimum absolute atomic E-state index is 0.155. The fourth-order valence-electron chi connectivity index (χ4n) is 1.52. The van der Waals surface area contributed by atoms with Crippen LogP contribution in [0.3, 0.4) is 0 Å². The number of ether oxygens (including phenoxy) is 1. The molecule has 19 heavy (non-hydrogen) atoms. The van der Waals surface area contributed by atoms with Gasteiger partial charge in [-0.05, 0) is 25.0 Å². The fourth-order valence-corrected chi connectivity index (χ4v) is 1.52. The zero-order valence-corrected chi connectivity index (χ0v) is 11.1. The number of hydrogen-bond donors (Lipinski definition) is 1. The summed E-state index contributed by atoms with van der Waals surface area (Å²) in [5.74, 6) is 0.204. The van der Waals surface area contributed by atoms with E-state index in [1.165, 1.54) is 12.1 Å². The van der Waals surface area contributed by atoms with Gasteiger partial charge in [0, 0.05) is 6.42 Å². The topological polar surface area (TPSA) is 81.5 Å². The van der Waals surface area contributed by atoms with Crippen molar-refractivity contribution in [2.75, 3.05) is 11.9 Å². The molecule has 6 heteroatoms. The molecule has 1 N–H and O–H groups in total. The number of carbonyl (C=O) groups is 1. The van der Waals surface area contributed by atoms with Crippen molar-refractivity contribution >= 4 is 17.3 Å². The molecule has 1 rings (SSSR count). The molecular formula is C13H18N2O4. The van der Waals surface area contributed by atoms with Crippen LogP contribution in [0.25, 0.3) is 0 Å². The summed E-state index contributed by atoms with van der Waals surface area (Å²) >= 11 is 0. The molecule has 0 aliphatic heterocycles. The highest BCUT2D eigenvalue weighted by molar-refractivity contribution is 5.93. The standard InChI is InChI=1S/C13H18N2O4/c1-3-5-13(16)14-11-7-6-10(19-8-4-2)9-12(11)15(17)18/h6-7,9H,3-5,8H2,1-2H3,(H,14,16). The number of rotatable bonds is 7. The first-order chi connectivity index (χ1) is 9.08. The lowest BCUT2D eigenvalue weighted by Crippen LogP contribution is -2.12. The third-order valence-corrected chi connectivity index (χ3v) is 2.39. The number of carbonyl (C=O) groups excluding carboxylic acids is 1. The minimum atomic E-state index is -0.527. The van der Waals surface area contributed by atoms with Gasteiger partial charge >= 0.3 is 0 Å². The summed E-state index contributed by atoms with van der Waals surface area (Å²) in [5.41, 5.74) is 0.0466. The van der Waals surface area contributed by atoms with E-state index in [1.54, 1.807) is 6.07 Å². The van der Waals surface area contributed by atoms with Gasteiger partial charge in [-0.15, -0.1) is 0 Å². The molecule has 0 aromatic heterocycles. The van der Waals surface area contributed by atoms with Crippen molar-refractivity contribution in [3.63, 3.8) is 0 Å². The van der Waals surface area contributed by atoms with Gasteiger partial charge in [0.1, 0.15) is 11.4 Å². The molecule has 0 radical (unpaired) electrons. The van der Waals surface area contributed by atoms with Crippen molar-refractivity contribution in [2.24, 2.45) is 0 Å². The SMILES string of the molecule is CCCOc1ccc(NC(=O)CCC)c([N+](=O)[O-])c1. The van der Waals surface area contributed by atoms with Crippen molar-refractivity contribution < 1.29 is 14.5 Å². The van der Waals surface area contributed by atoms with Gasteiger partial charge in [0.25, 0.3) is 5.69 Å². The zero-order chi connectivity index (χ0) is 14.3. The highest BCUT2D eigenvalue weighted by Crippen LogP contribution is 2.29. The Bertz CT molecular complexity index is 460. The fraction of sp³-hybridized carbons (Fsp3) is 0.462. The number of benzene rings is 1. The summed E-state index contributed by atoms with van der Waals surface area (Å²) in [6.45, 7) is 4.32. The molecule has 0 aliphatic carbocycles. The molecule has 0 aliphatic rings. The normalized spacial score (nSPS) is 10.0. The maximum Gasteiger partial charge on any atom is 0.296 e. The van der Waals surface area contributed by atoms with Crippen LogP contribution in [0.2, 0.25) is 0 Å². The monoisotopic (exact) mass is 266 g/mol. The maximum absolute atomic E-state index is 11.5. The summed E-state index contributed by atoms with van der Waals surface area (Å²) in [7, 11) is 0. The predicted molar refractivity (Wildman–Crippen MR) is 72.4 cm³/mol. The van der Waals surface area contributed by atoms with Gasteiger partial charge < -0.3 is 10.1 Å². The second-order valence-electron chi connectivity index (χ2n) is 4.08. The Kier molecular flexibility index (Phi) is 5.78. The van der Waals surface area contributed by atoms with Crippen LogP contribution in [0.15, 0.2) is 18.2 Å². The molecule has 0 atom stereocenters. The van der Waals surface area contributed by atoms with Crippen LogP contribution in [0, 0.1) is 10.1 Å². The minimum Gasteiger partial charge on any atom is -0.493 e. The van der Waals surface area contributed by atoms with Crippen molar-refractivity contribution in [2.45, 2.75) is 33.1 Å². The number of anilines is 1. The molecule has 0 spiro atoms. The van der Waals surface area contributed by atoms with Crippen molar-refractivity contribution in [3.05, 3.63) is 28.3 Å². The molecule has 0 saturated carbocycles. The average molecular weight is 266 g/mol. The Balaban J connectivity index is 2.91. The molecule has 1 aromatic carbocycles. The van der Waals surface area contributed by atoms with Gasteiger partial charge in [0.05, 0.1) is 17.6 Å². The number of nitro benzene ring substituents is 1. The maximum atomic E-state index is 11.5. The van der Waals surface area contributed by atoms with Crippen LogP contribution in [0.1, 0.15) is 33.1 Å².